The molecule has 2 heterocycles. The number of amides is 6. The molecule has 4 aromatic rings. The zero-order valence-corrected chi connectivity index (χ0v) is 35.8. The molecule has 4 atom stereocenters. The van der Waals surface area contributed by atoms with Crippen LogP contribution in [-0.4, -0.2) is 81.0 Å². The molecule has 0 spiro atoms. The predicted octanol–water partition coefficient (Wildman–Crippen LogP) is 8.21. The van der Waals surface area contributed by atoms with Crippen LogP contribution in [0.5, 0.6) is 0 Å². The Labute approximate surface area is 367 Å². The van der Waals surface area contributed by atoms with Crippen LogP contribution in [0.3, 0.4) is 0 Å². The summed E-state index contributed by atoms with van der Waals surface area (Å²) in [5.74, 6) is -1.65. The molecule has 7 rings (SSSR count). The molecular weight excluding hydrogens is 801 g/mol. The van der Waals surface area contributed by atoms with Gasteiger partial charge in [0.1, 0.15) is 24.2 Å². The highest BCUT2D eigenvalue weighted by Gasteiger charge is 2.44. The molecule has 14 heteroatoms. The van der Waals surface area contributed by atoms with Crippen LogP contribution in [0.2, 0.25) is 0 Å². The number of nitrogens with zero attached hydrogens (tertiary/aromatic N) is 2. The molecule has 63 heavy (non-hydrogen) atoms. The number of carbonyl (C=O) groups excluding carboxylic acids is 4. The van der Waals surface area contributed by atoms with Crippen LogP contribution in [-0.2, 0) is 24.6 Å². The molecule has 3 aliphatic rings. The molecule has 4 aromatic carbocycles. The first-order valence-corrected chi connectivity index (χ1v) is 22.1. The molecule has 330 valence electrons. The Morgan fingerprint density at radius 1 is 0.603 bits per heavy atom. The van der Waals surface area contributed by atoms with Crippen molar-refractivity contribution in [3.8, 4) is 11.1 Å². The molecule has 0 radical (unpaired) electrons. The van der Waals surface area contributed by atoms with Crippen molar-refractivity contribution in [3.63, 3.8) is 0 Å². The highest BCUT2D eigenvalue weighted by atomic mass is 16.4. The van der Waals surface area contributed by atoms with Gasteiger partial charge in [-0.2, -0.15) is 0 Å². The van der Waals surface area contributed by atoms with Crippen LogP contribution < -0.4 is 21.3 Å². The van der Waals surface area contributed by atoms with E-state index in [-0.39, 0.29) is 11.8 Å². The molecule has 6 amide bonds. The maximum Gasteiger partial charge on any atom is 0.405 e. The summed E-state index contributed by atoms with van der Waals surface area (Å²) >= 11 is 0. The smallest absolute Gasteiger partial charge is 0.405 e. The molecule has 2 fully saturated rings. The first kappa shape index (κ1) is 44.4. The largest absolute Gasteiger partial charge is 0.465 e. The van der Waals surface area contributed by atoms with Gasteiger partial charge >= 0.3 is 12.2 Å². The minimum absolute atomic E-state index is 0.322. The van der Waals surface area contributed by atoms with Crippen molar-refractivity contribution < 1.29 is 39.0 Å². The van der Waals surface area contributed by atoms with E-state index < -0.39 is 53.6 Å². The van der Waals surface area contributed by atoms with Gasteiger partial charge < -0.3 is 41.3 Å². The summed E-state index contributed by atoms with van der Waals surface area (Å²) in [4.78, 5) is 82.4. The van der Waals surface area contributed by atoms with E-state index in [0.717, 1.165) is 60.8 Å². The fourth-order valence-electron chi connectivity index (χ4n) is 9.77. The lowest BCUT2D eigenvalue weighted by Crippen LogP contribution is -2.48. The van der Waals surface area contributed by atoms with Gasteiger partial charge in [-0.3, -0.25) is 19.2 Å². The van der Waals surface area contributed by atoms with Crippen LogP contribution in [0.1, 0.15) is 112 Å². The van der Waals surface area contributed by atoms with Crippen molar-refractivity contribution in [3.05, 3.63) is 119 Å². The van der Waals surface area contributed by atoms with Gasteiger partial charge in [0, 0.05) is 29.9 Å². The molecule has 14 nitrogen and oxygen atoms in total. The second-order valence-electron chi connectivity index (χ2n) is 16.8. The summed E-state index contributed by atoms with van der Waals surface area (Å²) in [6, 6.07) is 25.3. The lowest BCUT2D eigenvalue weighted by Gasteiger charge is -2.33. The number of benzene rings is 4. The molecule has 2 aliphatic heterocycles. The minimum Gasteiger partial charge on any atom is -0.465 e. The van der Waals surface area contributed by atoms with E-state index in [1.165, 1.54) is 9.80 Å². The highest BCUT2D eigenvalue weighted by molar-refractivity contribution is 6.01. The van der Waals surface area contributed by atoms with E-state index >= 15 is 0 Å². The number of likely N-dealkylation sites (tertiary alicyclic amines) is 2. The Hall–Kier alpha value is -6.70. The lowest BCUT2D eigenvalue weighted by molar-refractivity contribution is -0.138. The highest BCUT2D eigenvalue weighted by Crippen LogP contribution is 2.55. The molecule has 0 bridgehead atoms. The Balaban J connectivity index is 1.14. The van der Waals surface area contributed by atoms with Crippen molar-refractivity contribution in [2.24, 2.45) is 0 Å². The first-order valence-electron chi connectivity index (χ1n) is 22.1. The van der Waals surface area contributed by atoms with E-state index in [2.05, 4.69) is 35.1 Å². The standard InChI is InChI=1S/C49H56N6O8/c1-3-5-25-49(26-6-4-2)37-29-33(50-43(56)39-19-13-27-54(39)45(58)41(52-47(60)61)31-15-9-7-10-16-31)21-23-35(37)36-24-22-34(30-38(36)49)51-44(57)40-20-14-28-55(40)46(59)42(53-48(62)63)32-17-11-8-12-18-32/h7-12,15-18,21-24,29-30,39-42,52-53H,3-6,13-14,19-20,25-28H2,1-2H3,(H,50,56)(H,51,57)(H,60,61)(H,62,63)/t39-,40-,41?,42?/m0/s1. The summed E-state index contributed by atoms with van der Waals surface area (Å²) in [5.41, 5.74) is 5.99. The maximum absolute atomic E-state index is 14.1. The maximum atomic E-state index is 14.1. The van der Waals surface area contributed by atoms with Crippen LogP contribution in [0, 0.1) is 0 Å². The monoisotopic (exact) mass is 856 g/mol. The summed E-state index contributed by atoms with van der Waals surface area (Å²) < 4.78 is 0. The van der Waals surface area contributed by atoms with Gasteiger partial charge in [-0.15, -0.1) is 0 Å². The SMILES string of the molecule is CCCCC1(CCCC)c2cc(NC(=O)[C@@H]3CCCN3C(=O)C(NC(=O)O)c3ccccc3)ccc2-c2ccc(NC(=O)[C@@H]3CCCN3C(=O)C(NC(=O)O)c3ccccc3)cc21. The number of carboxylic acid groups (broad SMARTS) is 2. The number of carbonyl (C=O) groups is 6. The van der Waals surface area contributed by atoms with E-state index in [0.29, 0.717) is 61.3 Å². The fraction of sp³-hybridized carbons (Fsp3) is 0.388. The van der Waals surface area contributed by atoms with Crippen molar-refractivity contribution in [1.29, 1.82) is 0 Å². The summed E-state index contributed by atoms with van der Waals surface area (Å²) in [5, 5.41) is 30.1. The van der Waals surface area contributed by atoms with Gasteiger partial charge in [0.2, 0.25) is 11.8 Å². The molecule has 6 N–H and O–H groups in total. The average Bonchev–Trinajstić information content (AvgIpc) is 4.04. The van der Waals surface area contributed by atoms with Crippen LogP contribution in [0.4, 0.5) is 21.0 Å². The summed E-state index contributed by atoms with van der Waals surface area (Å²) in [6.45, 7) is 4.96. The van der Waals surface area contributed by atoms with Gasteiger partial charge in [0.25, 0.3) is 11.8 Å². The molecular formula is C49H56N6O8. The number of hydrogen-bond donors (Lipinski definition) is 6. The first-order chi connectivity index (χ1) is 30.4. The Morgan fingerprint density at radius 3 is 1.37 bits per heavy atom. The second kappa shape index (κ2) is 19.6. The van der Waals surface area contributed by atoms with Crippen LogP contribution in [0.25, 0.3) is 11.1 Å². The Morgan fingerprint density at radius 2 is 1.00 bits per heavy atom. The van der Waals surface area contributed by atoms with E-state index in [4.69, 9.17) is 0 Å². The number of nitrogens with one attached hydrogen (secondary N) is 4. The Kier molecular flexibility index (Phi) is 13.8. The summed E-state index contributed by atoms with van der Waals surface area (Å²) in [6.07, 6.45) is 4.87. The van der Waals surface area contributed by atoms with Gasteiger partial charge in [0.15, 0.2) is 0 Å². The quantitative estimate of drug-likeness (QED) is 0.0648. The average molecular weight is 857 g/mol. The molecule has 2 unspecified atom stereocenters. The van der Waals surface area contributed by atoms with Crippen LogP contribution >= 0.6 is 0 Å². The number of hydrogen-bond acceptors (Lipinski definition) is 6. The van der Waals surface area contributed by atoms with Crippen molar-refractivity contribution in [2.45, 2.75) is 108 Å². The molecule has 0 saturated carbocycles. The van der Waals surface area contributed by atoms with Gasteiger partial charge in [-0.05, 0) is 96.2 Å². The van der Waals surface area contributed by atoms with Crippen molar-refractivity contribution in [1.82, 2.24) is 20.4 Å². The second-order valence-corrected chi connectivity index (χ2v) is 16.8. The third-order valence-corrected chi connectivity index (χ3v) is 12.8. The lowest BCUT2D eigenvalue weighted by atomic mass is 9.70. The van der Waals surface area contributed by atoms with Gasteiger partial charge in [-0.1, -0.05) is 112 Å². The minimum atomic E-state index is -1.34. The van der Waals surface area contributed by atoms with E-state index in [9.17, 15) is 39.0 Å². The van der Waals surface area contributed by atoms with Crippen molar-refractivity contribution >= 4 is 47.2 Å². The number of fused-ring (bicyclic) bond motifs is 3. The summed E-state index contributed by atoms with van der Waals surface area (Å²) in [7, 11) is 0. The fourth-order valence-corrected chi connectivity index (χ4v) is 9.77. The van der Waals surface area contributed by atoms with Crippen molar-refractivity contribution in [2.75, 3.05) is 23.7 Å². The normalized spacial score (nSPS) is 18.1. The van der Waals surface area contributed by atoms with Gasteiger partial charge in [0.05, 0.1) is 0 Å². The number of anilines is 2. The van der Waals surface area contributed by atoms with Gasteiger partial charge in [-0.25, -0.2) is 9.59 Å². The molecule has 2 saturated heterocycles. The third kappa shape index (κ3) is 9.40. The molecule has 1 aliphatic carbocycles. The number of unbranched alkanes of at least 4 members (excludes halogenated alkanes) is 2. The Bertz CT molecular complexity index is 2180. The zero-order valence-electron chi connectivity index (χ0n) is 35.8. The predicted molar refractivity (Wildman–Crippen MR) is 239 cm³/mol. The zero-order chi connectivity index (χ0) is 44.7. The van der Waals surface area contributed by atoms with Crippen LogP contribution in [0.15, 0.2) is 97.1 Å². The third-order valence-electron chi connectivity index (χ3n) is 12.8. The van der Waals surface area contributed by atoms with E-state index in [1.54, 1.807) is 60.7 Å². The topological polar surface area (TPSA) is 197 Å². The number of rotatable bonds is 16. The molecule has 0 aromatic heterocycles. The van der Waals surface area contributed by atoms with E-state index in [1.807, 2.05) is 36.4 Å².